The lowest BCUT2D eigenvalue weighted by atomic mass is 10.1. The first kappa shape index (κ1) is 24.3. The summed E-state index contributed by atoms with van der Waals surface area (Å²) in [5, 5.41) is 3.40. The molecular weight excluding hydrogens is 496 g/mol. The van der Waals surface area contributed by atoms with E-state index in [4.69, 9.17) is 4.74 Å². The minimum atomic E-state index is -4.84. The Morgan fingerprint density at radius 3 is 2.50 bits per heavy atom. The number of likely N-dealkylation sites (tertiary alicyclic amines) is 1. The quantitative estimate of drug-likeness (QED) is 0.566. The average Bonchev–Trinajstić information content (AvgIpc) is 3.07. The minimum Gasteiger partial charge on any atom is -0.480 e. The van der Waals surface area contributed by atoms with Gasteiger partial charge in [0.15, 0.2) is 21.8 Å². The molecule has 2 aliphatic rings. The van der Waals surface area contributed by atoms with Crippen molar-refractivity contribution < 1.29 is 48.8 Å². The van der Waals surface area contributed by atoms with Gasteiger partial charge in [0.2, 0.25) is 0 Å². The summed E-state index contributed by atoms with van der Waals surface area (Å²) in [4.78, 5) is 17.5. The number of amides is 1. The minimum absolute atomic E-state index is 0.0616. The summed E-state index contributed by atoms with van der Waals surface area (Å²) in [6.07, 6.45) is -10.6. The zero-order valence-corrected chi connectivity index (χ0v) is 18.4. The van der Waals surface area contributed by atoms with Gasteiger partial charge >= 0.3 is 18.2 Å². The molecule has 0 radical (unpaired) electrons. The molecule has 2 heterocycles. The molecule has 0 spiro atoms. The van der Waals surface area contributed by atoms with Gasteiger partial charge in [-0.1, -0.05) is 5.16 Å². The van der Waals surface area contributed by atoms with E-state index in [0.717, 1.165) is 31.4 Å². The van der Waals surface area contributed by atoms with Crippen molar-refractivity contribution in [3.05, 3.63) is 35.5 Å². The molecule has 1 saturated carbocycles. The molecule has 1 aromatic carbocycles. The fraction of sp³-hybridized carbons (Fsp3) is 0.526. The third kappa shape index (κ3) is 4.32. The summed E-state index contributed by atoms with van der Waals surface area (Å²) in [5.41, 5.74) is -1.39. The number of piperidine rings is 1. The van der Waals surface area contributed by atoms with Crippen molar-refractivity contribution in [2.45, 2.75) is 42.1 Å². The number of carbonyl (C=O) groups excluding carboxylic acids is 1. The van der Waals surface area contributed by atoms with E-state index in [0.29, 0.717) is 6.42 Å². The van der Waals surface area contributed by atoms with Crippen LogP contribution in [0.3, 0.4) is 0 Å². The van der Waals surface area contributed by atoms with Crippen LogP contribution in [0.5, 0.6) is 5.75 Å². The Balaban J connectivity index is 1.63. The molecule has 4 rings (SSSR count). The SMILES string of the molecule is C[C@H](Oc1ccc(S(C)(=O)=O)cc1C(=O)N1CC2CC2(c2noc(C(F)(F)F)n2)C1)C(F)(F)F. The van der Waals surface area contributed by atoms with Gasteiger partial charge in [-0.2, -0.15) is 31.3 Å². The van der Waals surface area contributed by atoms with Crippen LogP contribution in [0.2, 0.25) is 0 Å². The second-order valence-electron chi connectivity index (χ2n) is 8.40. The number of hydrogen-bond acceptors (Lipinski definition) is 7. The van der Waals surface area contributed by atoms with E-state index in [1.807, 2.05) is 0 Å². The number of carbonyl (C=O) groups is 1. The molecule has 0 N–H and O–H groups in total. The second kappa shape index (κ2) is 7.58. The Kier molecular flexibility index (Phi) is 5.42. The molecule has 1 aliphatic carbocycles. The molecule has 2 aromatic rings. The van der Waals surface area contributed by atoms with E-state index in [1.54, 1.807) is 0 Å². The van der Waals surface area contributed by atoms with E-state index in [9.17, 15) is 39.6 Å². The summed E-state index contributed by atoms with van der Waals surface area (Å²) in [6, 6.07) is 2.90. The Hall–Kier alpha value is -2.84. The van der Waals surface area contributed by atoms with E-state index in [1.165, 1.54) is 4.90 Å². The Morgan fingerprint density at radius 2 is 1.94 bits per heavy atom. The lowest BCUT2D eigenvalue weighted by Crippen LogP contribution is -2.35. The first-order chi connectivity index (χ1) is 15.5. The fourth-order valence-electron chi connectivity index (χ4n) is 3.96. The highest BCUT2D eigenvalue weighted by Gasteiger charge is 2.65. The van der Waals surface area contributed by atoms with Crippen LogP contribution in [0.1, 0.15) is 35.4 Å². The van der Waals surface area contributed by atoms with Gasteiger partial charge in [0.25, 0.3) is 5.91 Å². The number of aromatic nitrogens is 2. The number of nitrogens with zero attached hydrogens (tertiary/aromatic N) is 3. The van der Waals surface area contributed by atoms with Gasteiger partial charge in [-0.3, -0.25) is 4.79 Å². The molecule has 2 unspecified atom stereocenters. The lowest BCUT2D eigenvalue weighted by Gasteiger charge is -2.24. The number of fused-ring (bicyclic) bond motifs is 1. The topological polar surface area (TPSA) is 103 Å². The van der Waals surface area contributed by atoms with Gasteiger partial charge in [0.05, 0.1) is 15.9 Å². The van der Waals surface area contributed by atoms with Crippen molar-refractivity contribution in [1.82, 2.24) is 15.0 Å². The number of sulfone groups is 1. The highest BCUT2D eigenvalue weighted by atomic mass is 32.2. The van der Waals surface area contributed by atoms with Gasteiger partial charge < -0.3 is 14.2 Å². The van der Waals surface area contributed by atoms with E-state index < -0.39 is 56.8 Å². The summed E-state index contributed by atoms with van der Waals surface area (Å²) in [5.74, 6) is -3.33. The number of ether oxygens (including phenoxy) is 1. The van der Waals surface area contributed by atoms with Crippen LogP contribution in [0.15, 0.2) is 27.6 Å². The fourth-order valence-corrected chi connectivity index (χ4v) is 4.61. The van der Waals surface area contributed by atoms with Crippen molar-refractivity contribution in [1.29, 1.82) is 0 Å². The number of alkyl halides is 6. The molecule has 1 amide bonds. The van der Waals surface area contributed by atoms with Crippen LogP contribution in [0.4, 0.5) is 26.3 Å². The second-order valence-corrected chi connectivity index (χ2v) is 10.4. The molecule has 1 aromatic heterocycles. The molecule has 1 aliphatic heterocycles. The number of halogens is 6. The molecular formula is C19H17F6N3O5S. The summed E-state index contributed by atoms with van der Waals surface area (Å²) < 4.78 is 111. The third-order valence-electron chi connectivity index (χ3n) is 5.92. The van der Waals surface area contributed by atoms with Crippen molar-refractivity contribution in [2.24, 2.45) is 5.92 Å². The first-order valence-electron chi connectivity index (χ1n) is 9.80. The van der Waals surface area contributed by atoms with E-state index in [2.05, 4.69) is 14.7 Å². The molecule has 0 bridgehead atoms. The van der Waals surface area contributed by atoms with Crippen molar-refractivity contribution in [2.75, 3.05) is 19.3 Å². The molecule has 8 nitrogen and oxygen atoms in total. The van der Waals surface area contributed by atoms with Crippen LogP contribution in [-0.2, 0) is 21.4 Å². The maximum atomic E-state index is 13.2. The molecule has 34 heavy (non-hydrogen) atoms. The predicted molar refractivity (Wildman–Crippen MR) is 101 cm³/mol. The third-order valence-corrected chi connectivity index (χ3v) is 7.03. The van der Waals surface area contributed by atoms with Crippen LogP contribution in [-0.4, -0.2) is 61.0 Å². The number of benzene rings is 1. The molecule has 2 fully saturated rings. The lowest BCUT2D eigenvalue weighted by molar-refractivity contribution is -0.189. The Labute approximate surface area is 188 Å². The largest absolute Gasteiger partial charge is 0.480 e. The zero-order chi connectivity index (χ0) is 25.3. The normalized spacial score (nSPS) is 23.5. The average molecular weight is 513 g/mol. The van der Waals surface area contributed by atoms with Gasteiger partial charge in [-0.15, -0.1) is 0 Å². The van der Waals surface area contributed by atoms with Crippen LogP contribution >= 0.6 is 0 Å². The van der Waals surface area contributed by atoms with Gasteiger partial charge in [0, 0.05) is 19.3 Å². The summed E-state index contributed by atoms with van der Waals surface area (Å²) in [7, 11) is -3.81. The highest BCUT2D eigenvalue weighted by molar-refractivity contribution is 7.90. The van der Waals surface area contributed by atoms with E-state index >= 15 is 0 Å². The summed E-state index contributed by atoms with van der Waals surface area (Å²) in [6.45, 7) is 0.671. The monoisotopic (exact) mass is 513 g/mol. The van der Waals surface area contributed by atoms with Gasteiger partial charge in [-0.25, -0.2) is 8.42 Å². The number of hydrogen-bond donors (Lipinski definition) is 0. The predicted octanol–water partition coefficient (Wildman–Crippen LogP) is 3.24. The highest BCUT2D eigenvalue weighted by Crippen LogP contribution is 2.58. The molecule has 1 saturated heterocycles. The van der Waals surface area contributed by atoms with E-state index in [-0.39, 0.29) is 29.7 Å². The van der Waals surface area contributed by atoms with Crippen molar-refractivity contribution in [3.63, 3.8) is 0 Å². The van der Waals surface area contributed by atoms with Crippen LogP contribution < -0.4 is 4.74 Å². The molecule has 3 atom stereocenters. The van der Waals surface area contributed by atoms with Crippen LogP contribution in [0.25, 0.3) is 0 Å². The Morgan fingerprint density at radius 1 is 1.26 bits per heavy atom. The molecule has 15 heteroatoms. The number of rotatable bonds is 5. The Bertz CT molecular complexity index is 1240. The van der Waals surface area contributed by atoms with Crippen molar-refractivity contribution in [3.8, 4) is 5.75 Å². The maximum Gasteiger partial charge on any atom is 0.471 e. The summed E-state index contributed by atoms with van der Waals surface area (Å²) >= 11 is 0. The zero-order valence-electron chi connectivity index (χ0n) is 17.6. The maximum absolute atomic E-state index is 13.2. The standard InChI is InChI=1S/C19H17F6N3O5S/c1-9(18(20,21)22)32-13-4-3-11(34(2,30)31)5-12(13)14(29)28-7-10-6-17(10,8-28)15-26-16(33-27-15)19(23,24)25/h3-5,9-10H,6-8H2,1-2H3/t9-,10?,17?/m0/s1. The molecule has 186 valence electrons. The van der Waals surface area contributed by atoms with Crippen molar-refractivity contribution >= 4 is 15.7 Å². The van der Waals surface area contributed by atoms with Gasteiger partial charge in [0.1, 0.15) is 5.75 Å². The van der Waals surface area contributed by atoms with Gasteiger partial charge in [-0.05, 0) is 37.5 Å². The van der Waals surface area contributed by atoms with Crippen LogP contribution in [0, 0.1) is 5.92 Å². The smallest absolute Gasteiger partial charge is 0.471 e. The first-order valence-corrected chi connectivity index (χ1v) is 11.7.